The number of hydrogen-bond donors (Lipinski definition) is 2. The first-order valence-corrected chi connectivity index (χ1v) is 7.27. The minimum Gasteiger partial charge on any atom is -0.317 e. The van der Waals surface area contributed by atoms with Gasteiger partial charge in [-0.05, 0) is 31.8 Å². The van der Waals surface area contributed by atoms with Crippen LogP contribution in [0.3, 0.4) is 0 Å². The largest absolute Gasteiger partial charge is 0.317 e. The maximum atomic E-state index is 11.9. The van der Waals surface area contributed by atoms with E-state index in [4.69, 9.17) is 0 Å². The summed E-state index contributed by atoms with van der Waals surface area (Å²) in [5.41, 5.74) is 0. The zero-order chi connectivity index (χ0) is 12.3. The highest BCUT2D eigenvalue weighted by Gasteiger charge is 2.22. The fraction of sp³-hybridized carbons (Fsp3) is 0.778. The number of piperidine rings is 1. The summed E-state index contributed by atoms with van der Waals surface area (Å²) in [6.45, 7) is 1.79. The zero-order valence-electron chi connectivity index (χ0n) is 9.76. The fourth-order valence-electron chi connectivity index (χ4n) is 1.93. The van der Waals surface area contributed by atoms with E-state index in [9.17, 15) is 8.42 Å². The van der Waals surface area contributed by atoms with E-state index >= 15 is 0 Å². The molecule has 0 radical (unpaired) electrons. The highest BCUT2D eigenvalue weighted by atomic mass is 32.2. The molecule has 96 valence electrons. The second-order valence-corrected chi connectivity index (χ2v) is 6.05. The lowest BCUT2D eigenvalue weighted by Crippen LogP contribution is -2.33. The molecule has 0 bridgehead atoms. The van der Waals surface area contributed by atoms with E-state index in [1.807, 2.05) is 0 Å². The van der Waals surface area contributed by atoms with Gasteiger partial charge in [-0.1, -0.05) is 0 Å². The van der Waals surface area contributed by atoms with E-state index < -0.39 is 10.0 Å². The third kappa shape index (κ3) is 3.40. The van der Waals surface area contributed by atoms with Gasteiger partial charge in [0.15, 0.2) is 0 Å². The predicted octanol–water partition coefficient (Wildman–Crippen LogP) is -0.444. The number of sulfonamides is 1. The molecule has 0 atom stereocenters. The van der Waals surface area contributed by atoms with Gasteiger partial charge in [-0.15, -0.1) is 0 Å². The lowest BCUT2D eigenvalue weighted by Gasteiger charge is -2.22. The van der Waals surface area contributed by atoms with Crippen molar-refractivity contribution in [2.45, 2.75) is 12.8 Å². The molecule has 0 unspecified atom stereocenters. The zero-order valence-corrected chi connectivity index (χ0v) is 10.6. The number of nitrogens with one attached hydrogen (secondary N) is 2. The van der Waals surface area contributed by atoms with Crippen molar-refractivity contribution in [3.05, 3.63) is 6.33 Å². The summed E-state index contributed by atoms with van der Waals surface area (Å²) >= 11 is 0. The molecule has 17 heavy (non-hydrogen) atoms. The highest BCUT2D eigenvalue weighted by Crippen LogP contribution is 2.15. The quantitative estimate of drug-likeness (QED) is 0.765. The van der Waals surface area contributed by atoms with Crippen molar-refractivity contribution in [2.24, 2.45) is 13.0 Å². The number of anilines is 1. The van der Waals surface area contributed by atoms with Crippen LogP contribution < -0.4 is 10.0 Å². The molecule has 1 aromatic heterocycles. The smallest absolute Gasteiger partial charge is 0.235 e. The van der Waals surface area contributed by atoms with Gasteiger partial charge >= 0.3 is 0 Å². The third-order valence-corrected chi connectivity index (χ3v) is 4.28. The van der Waals surface area contributed by atoms with Crippen molar-refractivity contribution in [1.82, 2.24) is 20.1 Å². The molecule has 0 saturated carbocycles. The molecule has 0 spiro atoms. The lowest BCUT2D eigenvalue weighted by atomic mass is 10.0. The maximum Gasteiger partial charge on any atom is 0.235 e. The fourth-order valence-corrected chi connectivity index (χ4v) is 3.43. The van der Waals surface area contributed by atoms with Crippen LogP contribution in [0.5, 0.6) is 0 Å². The Bertz CT molecular complexity index is 463. The molecule has 2 rings (SSSR count). The molecule has 1 aliphatic rings. The first-order chi connectivity index (χ1) is 8.07. The molecule has 1 saturated heterocycles. The monoisotopic (exact) mass is 259 g/mol. The van der Waals surface area contributed by atoms with Gasteiger partial charge in [-0.3, -0.25) is 4.72 Å². The van der Waals surface area contributed by atoms with Gasteiger partial charge in [-0.2, -0.15) is 10.1 Å². The topological polar surface area (TPSA) is 88.9 Å². The van der Waals surface area contributed by atoms with Crippen molar-refractivity contribution in [3.8, 4) is 0 Å². The first kappa shape index (κ1) is 12.3. The van der Waals surface area contributed by atoms with Gasteiger partial charge in [0.1, 0.15) is 6.33 Å². The van der Waals surface area contributed by atoms with E-state index in [1.165, 1.54) is 11.0 Å². The predicted molar refractivity (Wildman–Crippen MR) is 64.0 cm³/mol. The van der Waals surface area contributed by atoms with Crippen molar-refractivity contribution in [3.63, 3.8) is 0 Å². The van der Waals surface area contributed by atoms with Crippen LogP contribution in [0, 0.1) is 5.92 Å². The molecule has 1 aromatic rings. The van der Waals surface area contributed by atoms with Gasteiger partial charge < -0.3 is 5.32 Å². The van der Waals surface area contributed by atoms with E-state index in [-0.39, 0.29) is 17.6 Å². The van der Waals surface area contributed by atoms with Crippen LogP contribution in [0.4, 0.5) is 5.95 Å². The van der Waals surface area contributed by atoms with Crippen LogP contribution >= 0.6 is 0 Å². The second kappa shape index (κ2) is 5.01. The lowest BCUT2D eigenvalue weighted by molar-refractivity contribution is 0.402. The third-order valence-electron chi connectivity index (χ3n) is 2.87. The van der Waals surface area contributed by atoms with Crippen LogP contribution in [0.15, 0.2) is 6.33 Å². The maximum absolute atomic E-state index is 11.9. The van der Waals surface area contributed by atoms with Gasteiger partial charge in [0.2, 0.25) is 16.0 Å². The highest BCUT2D eigenvalue weighted by molar-refractivity contribution is 7.92. The Morgan fingerprint density at radius 2 is 2.24 bits per heavy atom. The number of nitrogens with zero attached hydrogens (tertiary/aromatic N) is 3. The van der Waals surface area contributed by atoms with E-state index in [1.54, 1.807) is 7.05 Å². The Balaban J connectivity index is 1.97. The summed E-state index contributed by atoms with van der Waals surface area (Å²) in [7, 11) is -1.68. The van der Waals surface area contributed by atoms with Crippen molar-refractivity contribution in [2.75, 3.05) is 23.6 Å². The average molecular weight is 259 g/mol. The summed E-state index contributed by atoms with van der Waals surface area (Å²) < 4.78 is 27.7. The SMILES string of the molecule is Cn1ncnc1NS(=O)(=O)CC1CCNCC1. The van der Waals surface area contributed by atoms with E-state index in [0.29, 0.717) is 0 Å². The van der Waals surface area contributed by atoms with Crippen molar-refractivity contribution < 1.29 is 8.42 Å². The van der Waals surface area contributed by atoms with Crippen LogP contribution in [-0.2, 0) is 17.1 Å². The summed E-state index contributed by atoms with van der Waals surface area (Å²) in [6.07, 6.45) is 3.13. The Morgan fingerprint density at radius 1 is 1.53 bits per heavy atom. The number of hydrogen-bond acceptors (Lipinski definition) is 5. The van der Waals surface area contributed by atoms with Crippen molar-refractivity contribution >= 4 is 16.0 Å². The Labute approximate surface area is 101 Å². The van der Waals surface area contributed by atoms with E-state index in [2.05, 4.69) is 20.1 Å². The molecule has 8 heteroatoms. The normalized spacial score (nSPS) is 18.2. The standard InChI is InChI=1S/C9H17N5O2S/c1-14-9(11-7-12-14)13-17(15,16)6-8-2-4-10-5-3-8/h7-8,10H,2-6H2,1H3,(H,11,12,13). The molecular weight excluding hydrogens is 242 g/mol. The Hall–Kier alpha value is -1.15. The van der Waals surface area contributed by atoms with Gasteiger partial charge in [0.25, 0.3) is 0 Å². The van der Waals surface area contributed by atoms with Crippen LogP contribution in [0.1, 0.15) is 12.8 Å². The summed E-state index contributed by atoms with van der Waals surface area (Å²) in [5, 5.41) is 7.03. The molecule has 0 aromatic carbocycles. The van der Waals surface area contributed by atoms with Gasteiger partial charge in [0.05, 0.1) is 5.75 Å². The summed E-state index contributed by atoms with van der Waals surface area (Å²) in [6, 6.07) is 0. The first-order valence-electron chi connectivity index (χ1n) is 5.62. The molecule has 0 aliphatic carbocycles. The molecule has 2 N–H and O–H groups in total. The van der Waals surface area contributed by atoms with Crippen LogP contribution in [0.2, 0.25) is 0 Å². The minimum atomic E-state index is -3.33. The molecule has 0 amide bonds. The van der Waals surface area contributed by atoms with Crippen LogP contribution in [-0.4, -0.2) is 42.0 Å². The number of aryl methyl sites for hydroxylation is 1. The minimum absolute atomic E-state index is 0.154. The van der Waals surface area contributed by atoms with Gasteiger partial charge in [-0.25, -0.2) is 13.1 Å². The van der Waals surface area contributed by atoms with Crippen LogP contribution in [0.25, 0.3) is 0 Å². The molecule has 7 nitrogen and oxygen atoms in total. The average Bonchev–Trinajstić information content (AvgIpc) is 2.64. The van der Waals surface area contributed by atoms with Gasteiger partial charge in [0, 0.05) is 7.05 Å². The Kier molecular flexibility index (Phi) is 3.63. The van der Waals surface area contributed by atoms with E-state index in [0.717, 1.165) is 25.9 Å². The molecule has 1 aliphatic heterocycles. The second-order valence-electron chi connectivity index (χ2n) is 4.28. The number of rotatable bonds is 4. The molecule has 1 fully saturated rings. The summed E-state index contributed by atoms with van der Waals surface area (Å²) in [5.74, 6) is 0.641. The van der Waals surface area contributed by atoms with Crippen molar-refractivity contribution in [1.29, 1.82) is 0 Å². The summed E-state index contributed by atoms with van der Waals surface area (Å²) in [4.78, 5) is 3.84. The molecular formula is C9H17N5O2S. The Morgan fingerprint density at radius 3 is 2.82 bits per heavy atom. The number of aromatic nitrogens is 3. The molecule has 2 heterocycles.